The van der Waals surface area contributed by atoms with Gasteiger partial charge in [0.05, 0.1) is 12.7 Å². The molecule has 1 aliphatic heterocycles. The highest BCUT2D eigenvalue weighted by atomic mass is 16.5. The molecule has 2 aromatic rings. The van der Waals surface area contributed by atoms with Crippen molar-refractivity contribution in [2.75, 3.05) is 12.3 Å². The Bertz CT molecular complexity index is 809. The predicted molar refractivity (Wildman–Crippen MR) is 72.5 cm³/mol. The van der Waals surface area contributed by atoms with Gasteiger partial charge in [-0.25, -0.2) is 19.3 Å². The van der Waals surface area contributed by atoms with E-state index in [1.54, 1.807) is 0 Å². The number of ether oxygens (including phenoxy) is 1. The first-order chi connectivity index (χ1) is 10.6. The Morgan fingerprint density at radius 1 is 1.59 bits per heavy atom. The lowest BCUT2D eigenvalue weighted by atomic mass is 10.1. The molecule has 0 spiro atoms. The Labute approximate surface area is 121 Å². The molecular weight excluding hydrogens is 296 g/mol. The van der Waals surface area contributed by atoms with Gasteiger partial charge in [0.25, 0.3) is 0 Å². The van der Waals surface area contributed by atoms with Crippen LogP contribution in [0.3, 0.4) is 0 Å². The number of nitrogens with two attached hydrogens (primary N) is 1. The Hall–Kier alpha value is -2.66. The lowest BCUT2D eigenvalue weighted by Gasteiger charge is -2.16. The summed E-state index contributed by atoms with van der Waals surface area (Å²) in [6.07, 6.45) is -2.21. The molecule has 12 nitrogen and oxygen atoms in total. The number of H-pyrrole nitrogens is 1. The van der Waals surface area contributed by atoms with E-state index in [1.807, 2.05) is 0 Å². The van der Waals surface area contributed by atoms with Gasteiger partial charge in [0.15, 0.2) is 17.7 Å². The lowest BCUT2D eigenvalue weighted by Crippen LogP contribution is -2.33. The summed E-state index contributed by atoms with van der Waals surface area (Å²) in [5, 5.41) is 22.7. The third-order valence-corrected chi connectivity index (χ3v) is 3.49. The van der Waals surface area contributed by atoms with Gasteiger partial charge in [-0.1, -0.05) is 5.11 Å². The van der Waals surface area contributed by atoms with Crippen LogP contribution < -0.4 is 11.4 Å². The van der Waals surface area contributed by atoms with Gasteiger partial charge in [-0.2, -0.15) is 0 Å². The van der Waals surface area contributed by atoms with E-state index in [-0.39, 0.29) is 17.0 Å². The molecule has 12 heteroatoms. The topological polar surface area (TPSA) is 188 Å². The number of anilines is 1. The van der Waals surface area contributed by atoms with Gasteiger partial charge >= 0.3 is 5.69 Å². The fourth-order valence-electron chi connectivity index (χ4n) is 2.47. The molecular formula is C10H12N8O4. The maximum atomic E-state index is 12.2. The fourth-order valence-corrected chi connectivity index (χ4v) is 2.47. The number of aromatic amines is 1. The second-order valence-corrected chi connectivity index (χ2v) is 4.69. The van der Waals surface area contributed by atoms with Crippen LogP contribution in [-0.2, 0) is 4.74 Å². The number of aliphatic hydroxyl groups excluding tert-OH is 2. The molecule has 0 aliphatic carbocycles. The number of hydrogen-bond donors (Lipinski definition) is 4. The van der Waals surface area contributed by atoms with E-state index in [4.69, 9.17) is 16.0 Å². The van der Waals surface area contributed by atoms with E-state index < -0.39 is 36.8 Å². The molecule has 0 amide bonds. The zero-order chi connectivity index (χ0) is 15.9. The Balaban J connectivity index is 2.18. The van der Waals surface area contributed by atoms with Gasteiger partial charge in [-0.05, 0) is 5.53 Å². The predicted octanol–water partition coefficient (Wildman–Crippen LogP) is -1.37. The van der Waals surface area contributed by atoms with Crippen molar-refractivity contribution in [3.63, 3.8) is 0 Å². The molecule has 5 N–H and O–H groups in total. The third-order valence-electron chi connectivity index (χ3n) is 3.49. The fraction of sp³-hybridized carbons (Fsp3) is 0.500. The van der Waals surface area contributed by atoms with E-state index in [1.165, 1.54) is 6.33 Å². The standard InChI is InChI=1S/C10H12N8O4/c11-7-5-8(14-2-13-7)18(10(21)15-5)9-4(16-17-12)6(20)3(1-19)22-9/h2-4,6,9,19-20H,1H2,(H,15,21)(H2,11,13,14). The molecule has 0 saturated carbocycles. The first-order valence-electron chi connectivity index (χ1n) is 6.27. The number of hydrogen-bond acceptors (Lipinski definition) is 8. The molecule has 3 rings (SSSR count). The van der Waals surface area contributed by atoms with Gasteiger partial charge < -0.3 is 25.7 Å². The summed E-state index contributed by atoms with van der Waals surface area (Å²) in [7, 11) is 0. The van der Waals surface area contributed by atoms with Gasteiger partial charge in [-0.15, -0.1) is 0 Å². The van der Waals surface area contributed by atoms with Crippen molar-refractivity contribution in [2.24, 2.45) is 5.11 Å². The summed E-state index contributed by atoms with van der Waals surface area (Å²) in [4.78, 5) is 25.0. The molecule has 116 valence electrons. The van der Waals surface area contributed by atoms with Crippen molar-refractivity contribution in [2.45, 2.75) is 24.5 Å². The monoisotopic (exact) mass is 308 g/mol. The first-order valence-corrected chi connectivity index (χ1v) is 6.27. The Morgan fingerprint density at radius 2 is 2.36 bits per heavy atom. The largest absolute Gasteiger partial charge is 0.394 e. The zero-order valence-electron chi connectivity index (χ0n) is 11.1. The van der Waals surface area contributed by atoms with Crippen LogP contribution in [0.4, 0.5) is 5.82 Å². The minimum atomic E-state index is -1.26. The lowest BCUT2D eigenvalue weighted by molar-refractivity contribution is -0.0446. The summed E-state index contributed by atoms with van der Waals surface area (Å²) < 4.78 is 6.51. The quantitative estimate of drug-likeness (QED) is 0.305. The molecule has 1 fully saturated rings. The average molecular weight is 308 g/mol. The van der Waals surface area contributed by atoms with Crippen LogP contribution in [0, 0.1) is 0 Å². The van der Waals surface area contributed by atoms with E-state index in [2.05, 4.69) is 25.0 Å². The highest BCUT2D eigenvalue weighted by Crippen LogP contribution is 2.32. The second kappa shape index (κ2) is 5.27. The highest BCUT2D eigenvalue weighted by molar-refractivity contribution is 5.81. The third kappa shape index (κ3) is 1.98. The van der Waals surface area contributed by atoms with Crippen molar-refractivity contribution in [3.8, 4) is 0 Å². The Morgan fingerprint density at radius 3 is 3.05 bits per heavy atom. The number of fused-ring (bicyclic) bond motifs is 1. The van der Waals surface area contributed by atoms with E-state index in [9.17, 15) is 15.0 Å². The normalized spacial score (nSPS) is 27.9. The van der Waals surface area contributed by atoms with Crippen molar-refractivity contribution >= 4 is 17.0 Å². The van der Waals surface area contributed by atoms with Crippen LogP contribution in [-0.4, -0.2) is 54.6 Å². The van der Waals surface area contributed by atoms with Crippen LogP contribution in [0.1, 0.15) is 6.23 Å². The minimum Gasteiger partial charge on any atom is -0.394 e. The second-order valence-electron chi connectivity index (χ2n) is 4.69. The zero-order valence-corrected chi connectivity index (χ0v) is 11.1. The summed E-state index contributed by atoms with van der Waals surface area (Å²) in [6.45, 7) is -0.497. The summed E-state index contributed by atoms with van der Waals surface area (Å²) in [5.74, 6) is 0.0680. The Kier molecular flexibility index (Phi) is 3.42. The molecule has 2 aromatic heterocycles. The average Bonchev–Trinajstić information content (AvgIpc) is 2.98. The first kappa shape index (κ1) is 14.3. The number of rotatable bonds is 3. The summed E-state index contributed by atoms with van der Waals surface area (Å²) in [6, 6.07) is -1.10. The van der Waals surface area contributed by atoms with Gasteiger partial charge in [0.2, 0.25) is 0 Å². The molecule has 0 bridgehead atoms. The minimum absolute atomic E-state index is 0.0680. The number of imidazole rings is 1. The number of aliphatic hydroxyl groups is 2. The summed E-state index contributed by atoms with van der Waals surface area (Å²) in [5.41, 5.74) is 14.0. The molecule has 0 radical (unpaired) electrons. The molecule has 4 atom stereocenters. The number of nitrogens with one attached hydrogen (secondary N) is 1. The van der Waals surface area contributed by atoms with Crippen molar-refractivity contribution in [1.82, 2.24) is 19.5 Å². The smallest absolute Gasteiger partial charge is 0.329 e. The highest BCUT2D eigenvalue weighted by Gasteiger charge is 2.45. The molecule has 0 aromatic carbocycles. The maximum absolute atomic E-state index is 12.2. The number of nitrogens with zero attached hydrogens (tertiary/aromatic N) is 6. The van der Waals surface area contributed by atoms with Crippen molar-refractivity contribution in [1.29, 1.82) is 0 Å². The number of nitrogen functional groups attached to an aromatic ring is 1. The van der Waals surface area contributed by atoms with Gasteiger partial charge in [0.1, 0.15) is 24.0 Å². The number of aromatic nitrogens is 4. The van der Waals surface area contributed by atoms with Crippen LogP contribution in [0.5, 0.6) is 0 Å². The van der Waals surface area contributed by atoms with E-state index >= 15 is 0 Å². The number of azide groups is 1. The van der Waals surface area contributed by atoms with E-state index in [0.717, 1.165) is 4.57 Å². The SMILES string of the molecule is [N-]=[N+]=NC1C(O)C(CO)OC1n1c(=O)[nH]c2c(N)ncnc21. The van der Waals surface area contributed by atoms with E-state index in [0.29, 0.717) is 0 Å². The van der Waals surface area contributed by atoms with Crippen LogP contribution in [0.15, 0.2) is 16.2 Å². The van der Waals surface area contributed by atoms with Crippen LogP contribution in [0.2, 0.25) is 0 Å². The molecule has 1 aliphatic rings. The molecule has 4 unspecified atom stereocenters. The van der Waals surface area contributed by atoms with Crippen LogP contribution >= 0.6 is 0 Å². The van der Waals surface area contributed by atoms with Crippen molar-refractivity contribution in [3.05, 3.63) is 27.3 Å². The van der Waals surface area contributed by atoms with Crippen LogP contribution in [0.25, 0.3) is 21.6 Å². The molecule has 22 heavy (non-hydrogen) atoms. The molecule has 3 heterocycles. The molecule has 1 saturated heterocycles. The summed E-state index contributed by atoms with van der Waals surface area (Å²) >= 11 is 0. The van der Waals surface area contributed by atoms with Crippen molar-refractivity contribution < 1.29 is 14.9 Å². The maximum Gasteiger partial charge on any atom is 0.329 e. The van der Waals surface area contributed by atoms with Gasteiger partial charge in [0, 0.05) is 4.91 Å². The van der Waals surface area contributed by atoms with Gasteiger partial charge in [-0.3, -0.25) is 0 Å².